The maximum absolute atomic E-state index is 2.25. The van der Waals surface area contributed by atoms with Crippen molar-refractivity contribution in [1.82, 2.24) is 0 Å². The molecule has 0 aliphatic heterocycles. The summed E-state index contributed by atoms with van der Waals surface area (Å²) in [4.78, 5) is 0. The van der Waals surface area contributed by atoms with Crippen molar-refractivity contribution in [3.05, 3.63) is 23.3 Å². The predicted octanol–water partition coefficient (Wildman–Crippen LogP) is 2.28. The summed E-state index contributed by atoms with van der Waals surface area (Å²) in [7, 11) is 0. The van der Waals surface area contributed by atoms with Gasteiger partial charge in [-0.15, -0.1) is 0 Å². The number of allylic oxidation sites excluding steroid dienone is 4. The van der Waals surface area contributed by atoms with Crippen LogP contribution in [0.3, 0.4) is 0 Å². The first-order valence-electron chi connectivity index (χ1n) is 2.63. The third kappa shape index (κ3) is 1.98. The normalized spacial score (nSPS) is 16.8. The van der Waals surface area contributed by atoms with Crippen LogP contribution in [-0.2, 0) is 21.7 Å². The molecule has 0 atom stereocenters. The maximum Gasteiger partial charge on any atom is 0 e. The Balaban J connectivity index is 0.000000490. The summed E-state index contributed by atoms with van der Waals surface area (Å²) < 4.78 is 0. The Kier molecular flexibility index (Phi) is 3.34. The SMILES string of the molecule is CC1=CCC(C)=C1.[Ti]. The Morgan fingerprint density at radius 1 is 1.38 bits per heavy atom. The molecule has 0 radical (unpaired) electrons. The van der Waals surface area contributed by atoms with Gasteiger partial charge in [0.2, 0.25) is 0 Å². The van der Waals surface area contributed by atoms with Gasteiger partial charge in [0.15, 0.2) is 0 Å². The molecule has 0 aromatic carbocycles. The van der Waals surface area contributed by atoms with E-state index < -0.39 is 0 Å². The first-order chi connectivity index (χ1) is 3.29. The second-order valence-electron chi connectivity index (χ2n) is 2.14. The minimum absolute atomic E-state index is 0. The van der Waals surface area contributed by atoms with Crippen molar-refractivity contribution < 1.29 is 21.7 Å². The number of hydrogen-bond donors (Lipinski definition) is 0. The molecule has 1 aliphatic carbocycles. The van der Waals surface area contributed by atoms with Crippen molar-refractivity contribution >= 4 is 0 Å². The van der Waals surface area contributed by atoms with E-state index in [2.05, 4.69) is 26.0 Å². The molecule has 0 spiro atoms. The topological polar surface area (TPSA) is 0 Å². The van der Waals surface area contributed by atoms with Gasteiger partial charge in [-0.05, 0) is 20.3 Å². The second-order valence-corrected chi connectivity index (χ2v) is 2.14. The van der Waals surface area contributed by atoms with Crippen LogP contribution in [-0.4, -0.2) is 0 Å². The van der Waals surface area contributed by atoms with Crippen molar-refractivity contribution in [2.75, 3.05) is 0 Å². The largest absolute Gasteiger partial charge is 0.0775 e. The van der Waals surface area contributed by atoms with Gasteiger partial charge in [-0.3, -0.25) is 0 Å². The van der Waals surface area contributed by atoms with Gasteiger partial charge < -0.3 is 0 Å². The van der Waals surface area contributed by atoms with E-state index in [9.17, 15) is 0 Å². The summed E-state index contributed by atoms with van der Waals surface area (Å²) >= 11 is 0. The molecule has 0 saturated carbocycles. The molecule has 42 valence electrons. The summed E-state index contributed by atoms with van der Waals surface area (Å²) in [5.41, 5.74) is 2.90. The summed E-state index contributed by atoms with van der Waals surface area (Å²) in [6.07, 6.45) is 5.64. The molecule has 0 nitrogen and oxygen atoms in total. The van der Waals surface area contributed by atoms with Crippen LogP contribution in [0.1, 0.15) is 20.3 Å². The smallest absolute Gasteiger partial charge is 0 e. The molecule has 0 N–H and O–H groups in total. The van der Waals surface area contributed by atoms with Crippen molar-refractivity contribution in [1.29, 1.82) is 0 Å². The second kappa shape index (κ2) is 3.27. The van der Waals surface area contributed by atoms with E-state index in [0.717, 1.165) is 0 Å². The summed E-state index contributed by atoms with van der Waals surface area (Å²) in [5, 5.41) is 0. The average molecular weight is 142 g/mol. The van der Waals surface area contributed by atoms with E-state index in [1.54, 1.807) is 0 Å². The quantitative estimate of drug-likeness (QED) is 0.455. The van der Waals surface area contributed by atoms with Crippen LogP contribution in [0.4, 0.5) is 0 Å². The molecule has 0 fully saturated rings. The van der Waals surface area contributed by atoms with Crippen LogP contribution in [0.25, 0.3) is 0 Å². The fraction of sp³-hybridized carbons (Fsp3) is 0.429. The molecule has 0 aromatic rings. The van der Waals surface area contributed by atoms with E-state index in [1.807, 2.05) is 0 Å². The van der Waals surface area contributed by atoms with Gasteiger partial charge >= 0.3 is 0 Å². The standard InChI is InChI=1S/C7H10.Ti/c1-6-3-4-7(2)5-6;/h3,5H,4H2,1-2H3;. The van der Waals surface area contributed by atoms with Crippen LogP contribution in [0, 0.1) is 0 Å². The van der Waals surface area contributed by atoms with E-state index in [0.29, 0.717) is 0 Å². The molecule has 8 heavy (non-hydrogen) atoms. The van der Waals surface area contributed by atoms with Crippen molar-refractivity contribution in [3.8, 4) is 0 Å². The fourth-order valence-corrected chi connectivity index (χ4v) is 0.828. The fourth-order valence-electron chi connectivity index (χ4n) is 0.828. The van der Waals surface area contributed by atoms with Gasteiger partial charge in [0.05, 0.1) is 0 Å². The molecule has 1 heteroatoms. The van der Waals surface area contributed by atoms with Crippen LogP contribution in [0.2, 0.25) is 0 Å². The van der Waals surface area contributed by atoms with Gasteiger partial charge in [0.1, 0.15) is 0 Å². The van der Waals surface area contributed by atoms with E-state index >= 15 is 0 Å². The molecule has 0 saturated heterocycles. The summed E-state index contributed by atoms with van der Waals surface area (Å²) in [6.45, 7) is 4.30. The zero-order valence-corrected chi connectivity index (χ0v) is 6.92. The molecular formula is C7H10Ti. The van der Waals surface area contributed by atoms with Gasteiger partial charge in [0.25, 0.3) is 0 Å². The maximum atomic E-state index is 2.25. The zero-order chi connectivity index (χ0) is 5.28. The van der Waals surface area contributed by atoms with Crippen molar-refractivity contribution in [2.24, 2.45) is 0 Å². The van der Waals surface area contributed by atoms with Gasteiger partial charge in [-0.25, -0.2) is 0 Å². The third-order valence-electron chi connectivity index (χ3n) is 1.22. The zero-order valence-electron chi connectivity index (χ0n) is 5.36. The van der Waals surface area contributed by atoms with E-state index in [-0.39, 0.29) is 21.7 Å². The molecule has 1 rings (SSSR count). The molecular weight excluding hydrogens is 132 g/mol. The Hall–Kier alpha value is 0.194. The van der Waals surface area contributed by atoms with E-state index in [4.69, 9.17) is 0 Å². The Bertz CT molecular complexity index is 131. The molecule has 0 bridgehead atoms. The summed E-state index contributed by atoms with van der Waals surface area (Å²) in [5.74, 6) is 0. The van der Waals surface area contributed by atoms with Crippen molar-refractivity contribution in [2.45, 2.75) is 20.3 Å². The first kappa shape index (κ1) is 8.19. The number of rotatable bonds is 0. The minimum atomic E-state index is 0. The Morgan fingerprint density at radius 3 is 2.12 bits per heavy atom. The Morgan fingerprint density at radius 2 is 2.00 bits per heavy atom. The van der Waals surface area contributed by atoms with Gasteiger partial charge in [-0.1, -0.05) is 23.3 Å². The molecule has 0 heterocycles. The first-order valence-corrected chi connectivity index (χ1v) is 2.63. The van der Waals surface area contributed by atoms with Crippen LogP contribution >= 0.6 is 0 Å². The summed E-state index contributed by atoms with van der Waals surface area (Å²) in [6, 6.07) is 0. The number of hydrogen-bond acceptors (Lipinski definition) is 0. The van der Waals surface area contributed by atoms with Crippen LogP contribution in [0.5, 0.6) is 0 Å². The van der Waals surface area contributed by atoms with Crippen molar-refractivity contribution in [3.63, 3.8) is 0 Å². The van der Waals surface area contributed by atoms with Gasteiger partial charge in [0, 0.05) is 21.7 Å². The minimum Gasteiger partial charge on any atom is -0.0775 e. The molecule has 0 aromatic heterocycles. The van der Waals surface area contributed by atoms with E-state index in [1.165, 1.54) is 17.6 Å². The third-order valence-corrected chi connectivity index (χ3v) is 1.22. The monoisotopic (exact) mass is 142 g/mol. The molecule has 1 aliphatic rings. The van der Waals surface area contributed by atoms with Gasteiger partial charge in [-0.2, -0.15) is 0 Å². The molecule has 0 unspecified atom stereocenters. The molecule has 0 amide bonds. The predicted molar refractivity (Wildman–Crippen MR) is 32.1 cm³/mol. The average Bonchev–Trinajstić information content (AvgIpc) is 1.87. The van der Waals surface area contributed by atoms with Crippen LogP contribution < -0.4 is 0 Å². The Labute approximate surface area is 65.6 Å². The van der Waals surface area contributed by atoms with Crippen LogP contribution in [0.15, 0.2) is 23.3 Å².